The zero-order valence-electron chi connectivity index (χ0n) is 8.00. The van der Waals surface area contributed by atoms with Crippen LogP contribution in [0.3, 0.4) is 0 Å². The molecule has 0 amide bonds. The molecule has 2 heteroatoms. The number of halogens is 1. The summed E-state index contributed by atoms with van der Waals surface area (Å²) in [6, 6.07) is 6.40. The first kappa shape index (κ1) is 10.2. The molecule has 0 saturated heterocycles. The molecule has 0 spiro atoms. The van der Waals surface area contributed by atoms with Gasteiger partial charge in [0.05, 0.1) is 6.10 Å². The van der Waals surface area contributed by atoms with Gasteiger partial charge in [0.1, 0.15) is 5.82 Å². The number of benzene rings is 1. The minimum Gasteiger partial charge on any atom is -0.393 e. The van der Waals surface area contributed by atoms with Gasteiger partial charge in [0.15, 0.2) is 0 Å². The molecule has 0 radical (unpaired) electrons. The minimum absolute atomic E-state index is 0.000648. The highest BCUT2D eigenvalue weighted by molar-refractivity contribution is 5.20. The van der Waals surface area contributed by atoms with Crippen LogP contribution in [0.25, 0.3) is 0 Å². The quantitative estimate of drug-likeness (QED) is 0.762. The summed E-state index contributed by atoms with van der Waals surface area (Å²) in [5.41, 5.74) is 0.856. The van der Waals surface area contributed by atoms with E-state index in [1.165, 1.54) is 12.1 Å². The summed E-state index contributed by atoms with van der Waals surface area (Å²) < 4.78 is 12.8. The molecule has 0 aliphatic rings. The third-order valence-electron chi connectivity index (χ3n) is 2.37. The second-order valence-electron chi connectivity index (χ2n) is 3.32. The molecule has 0 saturated carbocycles. The second-order valence-corrected chi connectivity index (χ2v) is 3.32. The van der Waals surface area contributed by atoms with Gasteiger partial charge in [0.25, 0.3) is 0 Å². The number of hydrogen-bond donors (Lipinski definition) is 1. The maximum absolute atomic E-state index is 12.8. The Morgan fingerprint density at radius 2 is 2.15 bits per heavy atom. The van der Waals surface area contributed by atoms with Gasteiger partial charge in [-0.2, -0.15) is 0 Å². The fourth-order valence-electron chi connectivity index (χ4n) is 1.37. The maximum atomic E-state index is 12.8. The molecular weight excluding hydrogens is 167 g/mol. The van der Waals surface area contributed by atoms with Crippen LogP contribution in [0.5, 0.6) is 0 Å². The van der Waals surface area contributed by atoms with Crippen molar-refractivity contribution in [3.8, 4) is 0 Å². The molecule has 0 fully saturated rings. The first-order valence-corrected chi connectivity index (χ1v) is 4.58. The molecule has 1 rings (SSSR count). The Kier molecular flexibility index (Phi) is 3.43. The van der Waals surface area contributed by atoms with Crippen LogP contribution in [0, 0.1) is 5.82 Å². The lowest BCUT2D eigenvalue weighted by molar-refractivity contribution is 0.145. The van der Waals surface area contributed by atoms with Crippen molar-refractivity contribution in [1.82, 2.24) is 0 Å². The average molecular weight is 182 g/mol. The lowest BCUT2D eigenvalue weighted by Crippen LogP contribution is -2.14. The summed E-state index contributed by atoms with van der Waals surface area (Å²) in [6.45, 7) is 3.82. The fraction of sp³-hybridized carbons (Fsp3) is 0.455. The van der Waals surface area contributed by atoms with Crippen LogP contribution in [0.1, 0.15) is 31.7 Å². The standard InChI is InChI=1S/C11H15FO/c1-3-11(13)8(2)9-5-4-6-10(12)7-9/h4-8,11,13H,3H2,1-2H3. The molecule has 0 bridgehead atoms. The van der Waals surface area contributed by atoms with Crippen molar-refractivity contribution in [2.75, 3.05) is 0 Å². The van der Waals surface area contributed by atoms with Crippen LogP contribution in [0.2, 0.25) is 0 Å². The van der Waals surface area contributed by atoms with Crippen molar-refractivity contribution in [3.63, 3.8) is 0 Å². The van der Waals surface area contributed by atoms with E-state index in [0.717, 1.165) is 5.56 Å². The molecule has 13 heavy (non-hydrogen) atoms. The van der Waals surface area contributed by atoms with Gasteiger partial charge in [-0.1, -0.05) is 26.0 Å². The summed E-state index contributed by atoms with van der Waals surface area (Å²) in [5.74, 6) is -0.242. The second kappa shape index (κ2) is 4.38. The van der Waals surface area contributed by atoms with Gasteiger partial charge in [0.2, 0.25) is 0 Å². The number of aliphatic hydroxyl groups is 1. The van der Waals surface area contributed by atoms with Gasteiger partial charge >= 0.3 is 0 Å². The van der Waals surface area contributed by atoms with Crippen LogP contribution >= 0.6 is 0 Å². The molecule has 0 aromatic heterocycles. The Morgan fingerprint density at radius 3 is 2.69 bits per heavy atom. The van der Waals surface area contributed by atoms with Crippen molar-refractivity contribution in [2.45, 2.75) is 32.3 Å². The molecule has 2 atom stereocenters. The van der Waals surface area contributed by atoms with Crippen LogP contribution in [-0.2, 0) is 0 Å². The Bertz CT molecular complexity index is 273. The van der Waals surface area contributed by atoms with Crippen molar-refractivity contribution in [1.29, 1.82) is 0 Å². The van der Waals surface area contributed by atoms with Crippen LogP contribution < -0.4 is 0 Å². The van der Waals surface area contributed by atoms with E-state index in [4.69, 9.17) is 0 Å². The molecule has 2 unspecified atom stereocenters. The highest BCUT2D eigenvalue weighted by atomic mass is 19.1. The summed E-state index contributed by atoms with van der Waals surface area (Å²) in [6.07, 6.45) is 0.305. The van der Waals surface area contributed by atoms with Gasteiger partial charge in [-0.05, 0) is 24.1 Å². The Balaban J connectivity index is 2.82. The SMILES string of the molecule is CCC(O)C(C)c1cccc(F)c1. The first-order valence-electron chi connectivity index (χ1n) is 4.58. The third-order valence-corrected chi connectivity index (χ3v) is 2.37. The Hall–Kier alpha value is -0.890. The van der Waals surface area contributed by atoms with Crippen LogP contribution in [-0.4, -0.2) is 11.2 Å². The molecule has 1 nitrogen and oxygen atoms in total. The zero-order valence-corrected chi connectivity index (χ0v) is 8.00. The van der Waals surface area contributed by atoms with Crippen LogP contribution in [0.4, 0.5) is 4.39 Å². The number of hydrogen-bond acceptors (Lipinski definition) is 1. The Labute approximate surface area is 78.2 Å². The molecule has 0 aliphatic heterocycles. The van der Waals surface area contributed by atoms with Crippen molar-refractivity contribution < 1.29 is 9.50 Å². The monoisotopic (exact) mass is 182 g/mol. The largest absolute Gasteiger partial charge is 0.393 e. The smallest absolute Gasteiger partial charge is 0.123 e. The van der Waals surface area contributed by atoms with Gasteiger partial charge in [-0.15, -0.1) is 0 Å². The average Bonchev–Trinajstić information content (AvgIpc) is 2.15. The predicted molar refractivity (Wildman–Crippen MR) is 51.1 cm³/mol. The van der Waals surface area contributed by atoms with Crippen molar-refractivity contribution in [2.24, 2.45) is 0 Å². The van der Waals surface area contributed by atoms with E-state index in [2.05, 4.69) is 0 Å². The van der Waals surface area contributed by atoms with Gasteiger partial charge in [-0.3, -0.25) is 0 Å². The molecule has 0 heterocycles. The van der Waals surface area contributed by atoms with E-state index in [0.29, 0.717) is 6.42 Å². The third kappa shape index (κ3) is 2.52. The normalized spacial score (nSPS) is 15.4. The Morgan fingerprint density at radius 1 is 1.46 bits per heavy atom. The zero-order chi connectivity index (χ0) is 9.84. The molecule has 1 aromatic rings. The molecule has 72 valence electrons. The topological polar surface area (TPSA) is 20.2 Å². The summed E-state index contributed by atoms with van der Waals surface area (Å²) in [7, 11) is 0. The lowest BCUT2D eigenvalue weighted by Gasteiger charge is -2.17. The van der Waals surface area contributed by atoms with Gasteiger partial charge in [0, 0.05) is 5.92 Å². The molecule has 0 aliphatic carbocycles. The van der Waals surface area contributed by atoms with E-state index in [-0.39, 0.29) is 17.8 Å². The minimum atomic E-state index is -0.387. The summed E-state index contributed by atoms with van der Waals surface area (Å²) >= 11 is 0. The van der Waals surface area contributed by atoms with E-state index >= 15 is 0 Å². The lowest BCUT2D eigenvalue weighted by atomic mass is 9.94. The van der Waals surface area contributed by atoms with Crippen molar-refractivity contribution >= 4 is 0 Å². The van der Waals surface area contributed by atoms with E-state index < -0.39 is 0 Å². The first-order chi connectivity index (χ1) is 6.15. The van der Waals surface area contributed by atoms with E-state index in [1.54, 1.807) is 6.07 Å². The van der Waals surface area contributed by atoms with E-state index in [9.17, 15) is 9.50 Å². The number of aliphatic hydroxyl groups excluding tert-OH is 1. The number of rotatable bonds is 3. The fourth-order valence-corrected chi connectivity index (χ4v) is 1.37. The predicted octanol–water partition coefficient (Wildman–Crippen LogP) is 2.70. The van der Waals surface area contributed by atoms with Gasteiger partial charge < -0.3 is 5.11 Å². The molecule has 1 aromatic carbocycles. The van der Waals surface area contributed by atoms with Gasteiger partial charge in [-0.25, -0.2) is 4.39 Å². The molecule has 1 N–H and O–H groups in total. The van der Waals surface area contributed by atoms with Crippen LogP contribution in [0.15, 0.2) is 24.3 Å². The van der Waals surface area contributed by atoms with Crippen molar-refractivity contribution in [3.05, 3.63) is 35.6 Å². The van der Waals surface area contributed by atoms with E-state index in [1.807, 2.05) is 19.9 Å². The highest BCUT2D eigenvalue weighted by Crippen LogP contribution is 2.21. The summed E-state index contributed by atoms with van der Waals surface area (Å²) in [4.78, 5) is 0. The molecular formula is C11H15FO. The highest BCUT2D eigenvalue weighted by Gasteiger charge is 2.14. The summed E-state index contributed by atoms with van der Waals surface area (Å²) in [5, 5.41) is 9.55. The maximum Gasteiger partial charge on any atom is 0.123 e.